The van der Waals surface area contributed by atoms with Crippen LogP contribution in [0.4, 0.5) is 11.4 Å². The summed E-state index contributed by atoms with van der Waals surface area (Å²) in [6, 6.07) is 13.9. The Bertz CT molecular complexity index is 692. The number of nitrogens with two attached hydrogens (primary N) is 1. The Balaban J connectivity index is 2.07. The van der Waals surface area contributed by atoms with Gasteiger partial charge in [-0.25, -0.2) is 0 Å². The van der Waals surface area contributed by atoms with Crippen molar-refractivity contribution in [3.05, 3.63) is 58.6 Å². The number of amides is 1. The van der Waals surface area contributed by atoms with Crippen LogP contribution in [0.15, 0.2) is 42.5 Å². The molecule has 0 aromatic heterocycles. The monoisotopic (exact) mass is 285 g/mol. The number of carbonyl (C=O) groups excluding carboxylic acids is 1. The second kappa shape index (κ2) is 6.09. The topological polar surface area (TPSA) is 78.9 Å². The zero-order valence-corrected chi connectivity index (χ0v) is 11.3. The minimum atomic E-state index is -0.191. The van der Waals surface area contributed by atoms with Gasteiger partial charge in [-0.05, 0) is 29.8 Å². The molecule has 4 nitrogen and oxygen atoms in total. The van der Waals surface area contributed by atoms with Crippen LogP contribution in [0.25, 0.3) is 0 Å². The van der Waals surface area contributed by atoms with Crippen LogP contribution in [0.5, 0.6) is 0 Å². The van der Waals surface area contributed by atoms with Crippen molar-refractivity contribution in [3.8, 4) is 6.07 Å². The molecule has 0 aliphatic rings. The van der Waals surface area contributed by atoms with Gasteiger partial charge in [-0.2, -0.15) is 5.26 Å². The molecule has 0 saturated carbocycles. The minimum absolute atomic E-state index is 0.185. The SMILES string of the molecule is N#Cc1ccc(NC(=O)Cc2ccccc2N)cc1Cl. The average Bonchev–Trinajstić information content (AvgIpc) is 2.41. The molecule has 0 aliphatic carbocycles. The Hall–Kier alpha value is -2.51. The van der Waals surface area contributed by atoms with Gasteiger partial charge in [0.15, 0.2) is 0 Å². The number of benzene rings is 2. The number of para-hydroxylation sites is 1. The van der Waals surface area contributed by atoms with Crippen LogP contribution in [-0.2, 0) is 11.2 Å². The van der Waals surface area contributed by atoms with E-state index in [1.54, 1.807) is 30.3 Å². The number of nitriles is 1. The van der Waals surface area contributed by atoms with Crippen LogP contribution in [0.1, 0.15) is 11.1 Å². The van der Waals surface area contributed by atoms with E-state index in [1.165, 1.54) is 0 Å². The summed E-state index contributed by atoms with van der Waals surface area (Å²) in [7, 11) is 0. The van der Waals surface area contributed by atoms with Crippen LogP contribution in [0.2, 0.25) is 5.02 Å². The first-order valence-electron chi connectivity index (χ1n) is 5.93. The Morgan fingerprint density at radius 3 is 2.70 bits per heavy atom. The number of rotatable bonds is 3. The number of nitrogens with one attached hydrogen (secondary N) is 1. The molecule has 0 fully saturated rings. The van der Waals surface area contributed by atoms with Gasteiger partial charge in [-0.3, -0.25) is 4.79 Å². The normalized spacial score (nSPS) is 9.80. The van der Waals surface area contributed by atoms with Crippen molar-refractivity contribution in [2.75, 3.05) is 11.1 Å². The molecule has 2 aromatic rings. The predicted octanol–water partition coefficient (Wildman–Crippen LogP) is 2.98. The van der Waals surface area contributed by atoms with E-state index >= 15 is 0 Å². The highest BCUT2D eigenvalue weighted by molar-refractivity contribution is 6.32. The van der Waals surface area contributed by atoms with E-state index in [4.69, 9.17) is 22.6 Å². The predicted molar refractivity (Wildman–Crippen MR) is 79.4 cm³/mol. The zero-order valence-electron chi connectivity index (χ0n) is 10.6. The number of carbonyl (C=O) groups is 1. The lowest BCUT2D eigenvalue weighted by Gasteiger charge is -2.08. The second-order valence-electron chi connectivity index (χ2n) is 4.23. The molecule has 0 spiro atoms. The third-order valence-electron chi connectivity index (χ3n) is 2.78. The van der Waals surface area contributed by atoms with Crippen LogP contribution in [-0.4, -0.2) is 5.91 Å². The van der Waals surface area contributed by atoms with Crippen LogP contribution >= 0.6 is 11.6 Å². The summed E-state index contributed by atoms with van der Waals surface area (Å²) in [4.78, 5) is 11.9. The highest BCUT2D eigenvalue weighted by Crippen LogP contribution is 2.20. The van der Waals surface area contributed by atoms with Crippen molar-refractivity contribution >= 4 is 28.9 Å². The van der Waals surface area contributed by atoms with E-state index in [-0.39, 0.29) is 12.3 Å². The lowest BCUT2D eigenvalue weighted by Crippen LogP contribution is -2.15. The Labute approximate surface area is 121 Å². The third kappa shape index (κ3) is 3.28. The fourth-order valence-electron chi connectivity index (χ4n) is 1.76. The number of anilines is 2. The summed E-state index contributed by atoms with van der Waals surface area (Å²) in [5, 5.41) is 11.8. The summed E-state index contributed by atoms with van der Waals surface area (Å²) >= 11 is 5.90. The summed E-state index contributed by atoms with van der Waals surface area (Å²) in [6.07, 6.45) is 0.185. The lowest BCUT2D eigenvalue weighted by atomic mass is 10.1. The molecule has 0 heterocycles. The fourth-order valence-corrected chi connectivity index (χ4v) is 1.98. The molecule has 1 amide bonds. The van der Waals surface area contributed by atoms with E-state index in [0.29, 0.717) is 22.0 Å². The van der Waals surface area contributed by atoms with Gasteiger partial charge in [0.1, 0.15) is 6.07 Å². The van der Waals surface area contributed by atoms with Crippen molar-refractivity contribution in [1.29, 1.82) is 5.26 Å². The maximum absolute atomic E-state index is 11.9. The lowest BCUT2D eigenvalue weighted by molar-refractivity contribution is -0.115. The van der Waals surface area contributed by atoms with Crippen LogP contribution in [0.3, 0.4) is 0 Å². The standard InChI is InChI=1S/C15H12ClN3O/c16-13-8-12(6-5-11(13)9-17)19-15(20)7-10-3-1-2-4-14(10)18/h1-6,8H,7,18H2,(H,19,20). The van der Waals surface area contributed by atoms with Crippen LogP contribution < -0.4 is 11.1 Å². The van der Waals surface area contributed by atoms with Gasteiger partial charge in [0, 0.05) is 11.4 Å². The first-order valence-corrected chi connectivity index (χ1v) is 6.31. The van der Waals surface area contributed by atoms with Crippen molar-refractivity contribution < 1.29 is 4.79 Å². The van der Waals surface area contributed by atoms with Crippen LogP contribution in [0, 0.1) is 11.3 Å². The number of halogens is 1. The molecule has 5 heteroatoms. The minimum Gasteiger partial charge on any atom is -0.398 e. The van der Waals surface area contributed by atoms with Crippen molar-refractivity contribution in [1.82, 2.24) is 0 Å². The van der Waals surface area contributed by atoms with E-state index in [1.807, 2.05) is 18.2 Å². The summed E-state index contributed by atoms with van der Waals surface area (Å²) in [5.41, 5.74) is 8.06. The van der Waals surface area contributed by atoms with Gasteiger partial charge in [0.25, 0.3) is 0 Å². The van der Waals surface area contributed by atoms with E-state index in [2.05, 4.69) is 5.32 Å². The molecule has 0 radical (unpaired) electrons. The summed E-state index contributed by atoms with van der Waals surface area (Å²) in [5.74, 6) is -0.191. The molecule has 0 aliphatic heterocycles. The molecular formula is C15H12ClN3O. The highest BCUT2D eigenvalue weighted by Gasteiger charge is 2.08. The van der Waals surface area contributed by atoms with E-state index in [9.17, 15) is 4.79 Å². The number of nitrogen functional groups attached to an aromatic ring is 1. The Morgan fingerprint density at radius 1 is 1.30 bits per heavy atom. The summed E-state index contributed by atoms with van der Waals surface area (Å²) in [6.45, 7) is 0. The Morgan fingerprint density at radius 2 is 2.05 bits per heavy atom. The average molecular weight is 286 g/mol. The first-order chi connectivity index (χ1) is 9.60. The van der Waals surface area contributed by atoms with Gasteiger partial charge in [-0.1, -0.05) is 29.8 Å². The van der Waals surface area contributed by atoms with Gasteiger partial charge in [0.05, 0.1) is 17.0 Å². The molecule has 0 unspecified atom stereocenters. The number of hydrogen-bond acceptors (Lipinski definition) is 3. The maximum Gasteiger partial charge on any atom is 0.228 e. The molecular weight excluding hydrogens is 274 g/mol. The molecule has 100 valence electrons. The highest BCUT2D eigenvalue weighted by atomic mass is 35.5. The molecule has 0 saturated heterocycles. The molecule has 20 heavy (non-hydrogen) atoms. The smallest absolute Gasteiger partial charge is 0.228 e. The van der Waals surface area contributed by atoms with Crippen molar-refractivity contribution in [2.24, 2.45) is 0 Å². The van der Waals surface area contributed by atoms with Gasteiger partial charge in [0.2, 0.25) is 5.91 Å². The molecule has 2 rings (SSSR count). The number of hydrogen-bond donors (Lipinski definition) is 2. The fraction of sp³-hybridized carbons (Fsp3) is 0.0667. The molecule has 2 aromatic carbocycles. The summed E-state index contributed by atoms with van der Waals surface area (Å²) < 4.78 is 0. The third-order valence-corrected chi connectivity index (χ3v) is 3.09. The van der Waals surface area contributed by atoms with Gasteiger partial charge in [-0.15, -0.1) is 0 Å². The van der Waals surface area contributed by atoms with Crippen molar-refractivity contribution in [3.63, 3.8) is 0 Å². The van der Waals surface area contributed by atoms with Crippen molar-refractivity contribution in [2.45, 2.75) is 6.42 Å². The van der Waals surface area contributed by atoms with E-state index in [0.717, 1.165) is 5.56 Å². The maximum atomic E-state index is 11.9. The quantitative estimate of drug-likeness (QED) is 0.851. The largest absolute Gasteiger partial charge is 0.398 e. The molecule has 0 bridgehead atoms. The van der Waals surface area contributed by atoms with Gasteiger partial charge < -0.3 is 11.1 Å². The molecule has 3 N–H and O–H groups in total. The number of nitrogens with zero attached hydrogens (tertiary/aromatic N) is 1. The zero-order chi connectivity index (χ0) is 14.5. The second-order valence-corrected chi connectivity index (χ2v) is 4.64. The first kappa shape index (κ1) is 13.9. The van der Waals surface area contributed by atoms with E-state index < -0.39 is 0 Å². The van der Waals surface area contributed by atoms with Gasteiger partial charge >= 0.3 is 0 Å². The molecule has 0 atom stereocenters. The Kier molecular flexibility index (Phi) is 4.24.